The standard InChI is InChI=1S/C21H25FN2O2/c1-15-3-4-17(11-20(15)22)12-23-21(25)14-24(18-7-8-18)13-16-5-9-19(26-2)10-6-16/h3-6,9-11,18H,7-8,12-14H2,1-2H3,(H,23,25). The summed E-state index contributed by atoms with van der Waals surface area (Å²) >= 11 is 0. The van der Waals surface area contributed by atoms with Gasteiger partial charge in [-0.2, -0.15) is 0 Å². The Morgan fingerprint density at radius 1 is 1.19 bits per heavy atom. The maximum absolute atomic E-state index is 13.6. The van der Waals surface area contributed by atoms with Crippen molar-refractivity contribution in [3.8, 4) is 5.75 Å². The van der Waals surface area contributed by atoms with Crippen LogP contribution in [0.1, 0.15) is 29.5 Å². The van der Waals surface area contributed by atoms with Gasteiger partial charge in [0, 0.05) is 19.1 Å². The van der Waals surface area contributed by atoms with Crippen LogP contribution in [0.25, 0.3) is 0 Å². The zero-order valence-corrected chi connectivity index (χ0v) is 15.3. The van der Waals surface area contributed by atoms with E-state index in [0.717, 1.165) is 36.3 Å². The molecule has 1 saturated carbocycles. The van der Waals surface area contributed by atoms with Gasteiger partial charge in [0.1, 0.15) is 11.6 Å². The molecule has 0 spiro atoms. The molecule has 26 heavy (non-hydrogen) atoms. The van der Waals surface area contributed by atoms with Crippen molar-refractivity contribution in [3.63, 3.8) is 0 Å². The highest BCUT2D eigenvalue weighted by atomic mass is 19.1. The summed E-state index contributed by atoms with van der Waals surface area (Å²) in [5.41, 5.74) is 2.54. The quantitative estimate of drug-likeness (QED) is 0.788. The van der Waals surface area contributed by atoms with Gasteiger partial charge in [-0.05, 0) is 54.7 Å². The van der Waals surface area contributed by atoms with Gasteiger partial charge < -0.3 is 10.1 Å². The van der Waals surface area contributed by atoms with Crippen LogP contribution < -0.4 is 10.1 Å². The molecule has 3 rings (SSSR count). The molecule has 0 unspecified atom stereocenters. The molecule has 0 atom stereocenters. The smallest absolute Gasteiger partial charge is 0.234 e. The van der Waals surface area contributed by atoms with E-state index in [1.165, 1.54) is 6.07 Å². The van der Waals surface area contributed by atoms with E-state index in [1.54, 1.807) is 20.1 Å². The molecule has 0 heterocycles. The molecule has 1 N–H and O–H groups in total. The molecule has 1 fully saturated rings. The molecular formula is C21H25FN2O2. The number of amides is 1. The van der Waals surface area contributed by atoms with E-state index in [1.807, 2.05) is 30.3 Å². The van der Waals surface area contributed by atoms with Crippen LogP contribution in [0.4, 0.5) is 4.39 Å². The van der Waals surface area contributed by atoms with Crippen molar-refractivity contribution < 1.29 is 13.9 Å². The van der Waals surface area contributed by atoms with Crippen molar-refractivity contribution in [1.82, 2.24) is 10.2 Å². The first-order valence-electron chi connectivity index (χ1n) is 8.94. The van der Waals surface area contributed by atoms with Crippen molar-refractivity contribution in [3.05, 3.63) is 65.0 Å². The second kappa shape index (κ2) is 8.32. The van der Waals surface area contributed by atoms with Crippen LogP contribution in [-0.2, 0) is 17.9 Å². The molecule has 0 radical (unpaired) electrons. The Hall–Kier alpha value is -2.40. The number of carbonyl (C=O) groups excluding carboxylic acids is 1. The van der Waals surface area contributed by atoms with Crippen molar-refractivity contribution >= 4 is 5.91 Å². The number of methoxy groups -OCH3 is 1. The summed E-state index contributed by atoms with van der Waals surface area (Å²) < 4.78 is 18.8. The first kappa shape index (κ1) is 18.4. The lowest BCUT2D eigenvalue weighted by Crippen LogP contribution is -2.37. The average Bonchev–Trinajstić information content (AvgIpc) is 3.48. The molecule has 5 heteroatoms. The fourth-order valence-corrected chi connectivity index (χ4v) is 2.91. The van der Waals surface area contributed by atoms with Crippen LogP contribution in [-0.4, -0.2) is 30.5 Å². The van der Waals surface area contributed by atoms with E-state index in [-0.39, 0.29) is 11.7 Å². The van der Waals surface area contributed by atoms with Gasteiger partial charge in [0.25, 0.3) is 0 Å². The molecule has 4 nitrogen and oxygen atoms in total. The third-order valence-corrected chi connectivity index (χ3v) is 4.68. The Morgan fingerprint density at radius 3 is 2.50 bits per heavy atom. The largest absolute Gasteiger partial charge is 0.497 e. The highest BCUT2D eigenvalue weighted by Crippen LogP contribution is 2.28. The van der Waals surface area contributed by atoms with Gasteiger partial charge >= 0.3 is 0 Å². The van der Waals surface area contributed by atoms with Crippen molar-refractivity contribution in [2.24, 2.45) is 0 Å². The molecular weight excluding hydrogens is 331 g/mol. The second-order valence-electron chi connectivity index (χ2n) is 6.84. The summed E-state index contributed by atoms with van der Waals surface area (Å²) in [5, 5.41) is 2.90. The number of hydrogen-bond acceptors (Lipinski definition) is 3. The molecule has 0 bridgehead atoms. The maximum atomic E-state index is 13.6. The topological polar surface area (TPSA) is 41.6 Å². The lowest BCUT2D eigenvalue weighted by Gasteiger charge is -2.21. The lowest BCUT2D eigenvalue weighted by atomic mass is 10.1. The monoisotopic (exact) mass is 356 g/mol. The Kier molecular flexibility index (Phi) is 5.89. The predicted octanol–water partition coefficient (Wildman–Crippen LogP) is 3.42. The molecule has 138 valence electrons. The van der Waals surface area contributed by atoms with Gasteiger partial charge in [-0.15, -0.1) is 0 Å². The van der Waals surface area contributed by atoms with Gasteiger partial charge in [-0.25, -0.2) is 4.39 Å². The predicted molar refractivity (Wildman–Crippen MR) is 99.4 cm³/mol. The SMILES string of the molecule is COc1ccc(CN(CC(=O)NCc2ccc(C)c(F)c2)C2CC2)cc1. The van der Waals surface area contributed by atoms with E-state index in [0.29, 0.717) is 24.7 Å². The fourth-order valence-electron chi connectivity index (χ4n) is 2.91. The maximum Gasteiger partial charge on any atom is 0.234 e. The molecule has 2 aromatic carbocycles. The number of carbonyl (C=O) groups is 1. The summed E-state index contributed by atoms with van der Waals surface area (Å²) in [7, 11) is 1.65. The van der Waals surface area contributed by atoms with Crippen LogP contribution in [0.3, 0.4) is 0 Å². The zero-order chi connectivity index (χ0) is 18.5. The first-order valence-corrected chi connectivity index (χ1v) is 8.94. The number of halogens is 1. The molecule has 1 amide bonds. The summed E-state index contributed by atoms with van der Waals surface area (Å²) in [4.78, 5) is 14.5. The lowest BCUT2D eigenvalue weighted by molar-refractivity contribution is -0.122. The van der Waals surface area contributed by atoms with Crippen molar-refractivity contribution in [2.75, 3.05) is 13.7 Å². The van der Waals surface area contributed by atoms with Gasteiger partial charge in [0.15, 0.2) is 0 Å². The molecule has 0 saturated heterocycles. The zero-order valence-electron chi connectivity index (χ0n) is 15.3. The number of nitrogens with one attached hydrogen (secondary N) is 1. The molecule has 2 aromatic rings. The van der Waals surface area contributed by atoms with Crippen LogP contribution in [0.5, 0.6) is 5.75 Å². The van der Waals surface area contributed by atoms with E-state index in [4.69, 9.17) is 4.74 Å². The highest BCUT2D eigenvalue weighted by molar-refractivity contribution is 5.78. The minimum Gasteiger partial charge on any atom is -0.497 e. The molecule has 0 aliphatic heterocycles. The number of rotatable bonds is 8. The summed E-state index contributed by atoms with van der Waals surface area (Å²) in [5.74, 6) is 0.553. The second-order valence-corrected chi connectivity index (χ2v) is 6.84. The summed E-state index contributed by atoms with van der Waals surface area (Å²) in [6.45, 7) is 3.16. The molecule has 1 aliphatic rings. The minimum absolute atomic E-state index is 0.0357. The molecule has 1 aliphatic carbocycles. The minimum atomic E-state index is -0.240. The average molecular weight is 356 g/mol. The summed E-state index contributed by atoms with van der Waals surface area (Å²) in [6.07, 6.45) is 2.26. The highest BCUT2D eigenvalue weighted by Gasteiger charge is 2.30. The Morgan fingerprint density at radius 2 is 1.88 bits per heavy atom. The normalized spacial score (nSPS) is 13.7. The number of ether oxygens (including phenoxy) is 1. The Bertz CT molecular complexity index is 757. The van der Waals surface area contributed by atoms with Crippen LogP contribution in [0.2, 0.25) is 0 Å². The van der Waals surface area contributed by atoms with Crippen molar-refractivity contribution in [2.45, 2.75) is 38.9 Å². The van der Waals surface area contributed by atoms with Gasteiger partial charge in [0.05, 0.1) is 13.7 Å². The number of aryl methyl sites for hydroxylation is 1. The van der Waals surface area contributed by atoms with E-state index in [9.17, 15) is 9.18 Å². The van der Waals surface area contributed by atoms with Gasteiger partial charge in [-0.1, -0.05) is 24.3 Å². The van der Waals surface area contributed by atoms with Crippen LogP contribution in [0.15, 0.2) is 42.5 Å². The van der Waals surface area contributed by atoms with Gasteiger partial charge in [-0.3, -0.25) is 9.69 Å². The number of nitrogens with zero attached hydrogens (tertiary/aromatic N) is 1. The summed E-state index contributed by atoms with van der Waals surface area (Å²) in [6, 6.07) is 13.5. The van der Waals surface area contributed by atoms with Crippen LogP contribution in [0, 0.1) is 12.7 Å². The van der Waals surface area contributed by atoms with Crippen LogP contribution >= 0.6 is 0 Å². The third-order valence-electron chi connectivity index (χ3n) is 4.68. The molecule has 0 aromatic heterocycles. The Labute approximate surface area is 154 Å². The van der Waals surface area contributed by atoms with E-state index >= 15 is 0 Å². The van der Waals surface area contributed by atoms with Crippen molar-refractivity contribution in [1.29, 1.82) is 0 Å². The fraction of sp³-hybridized carbons (Fsp3) is 0.381. The van der Waals surface area contributed by atoms with E-state index < -0.39 is 0 Å². The van der Waals surface area contributed by atoms with Gasteiger partial charge in [0.2, 0.25) is 5.91 Å². The first-order chi connectivity index (χ1) is 12.5. The third kappa shape index (κ3) is 5.05. The number of benzene rings is 2. The number of hydrogen-bond donors (Lipinski definition) is 1. The van der Waals surface area contributed by atoms with E-state index in [2.05, 4.69) is 10.2 Å². The Balaban J connectivity index is 1.53.